The fraction of sp³-hybridized carbons (Fsp3) is 0.700. The van der Waals surface area contributed by atoms with Crippen molar-refractivity contribution < 1.29 is 33.4 Å². The van der Waals surface area contributed by atoms with Crippen molar-refractivity contribution in [1.82, 2.24) is 10.6 Å². The van der Waals surface area contributed by atoms with Crippen LogP contribution in [0.3, 0.4) is 0 Å². The first kappa shape index (κ1) is 24.4. The summed E-state index contributed by atoms with van der Waals surface area (Å²) >= 11 is 1.03. The van der Waals surface area contributed by atoms with Crippen LogP contribution in [0.4, 0.5) is 0 Å². The van der Waals surface area contributed by atoms with Gasteiger partial charge in [0.15, 0.2) is 5.79 Å². The first-order valence-electron chi connectivity index (χ1n) is 9.93. The van der Waals surface area contributed by atoms with Crippen LogP contribution in [-0.4, -0.2) is 60.2 Å². The van der Waals surface area contributed by atoms with Crippen molar-refractivity contribution in [3.8, 4) is 0 Å². The van der Waals surface area contributed by atoms with Crippen LogP contribution in [0.2, 0.25) is 0 Å². The molecule has 0 unspecified atom stereocenters. The molecule has 0 radical (unpaired) electrons. The van der Waals surface area contributed by atoms with Gasteiger partial charge in [-0.3, -0.25) is 19.2 Å². The Kier molecular flexibility index (Phi) is 8.45. The van der Waals surface area contributed by atoms with Crippen molar-refractivity contribution in [3.63, 3.8) is 0 Å². The molecule has 0 saturated carbocycles. The lowest BCUT2D eigenvalue weighted by Crippen LogP contribution is -2.56. The van der Waals surface area contributed by atoms with Gasteiger partial charge < -0.3 is 24.8 Å². The van der Waals surface area contributed by atoms with E-state index in [9.17, 15) is 19.2 Å². The number of hydrogen-bond donors (Lipinski definition) is 2. The van der Waals surface area contributed by atoms with Gasteiger partial charge in [-0.15, -0.1) is 0 Å². The van der Waals surface area contributed by atoms with Crippen molar-refractivity contribution >= 4 is 34.7 Å². The molecule has 2 saturated heterocycles. The second-order valence-corrected chi connectivity index (χ2v) is 9.42. The molecule has 168 valence electrons. The number of cyclic esters (lactones) is 1. The van der Waals surface area contributed by atoms with E-state index in [1.54, 1.807) is 13.8 Å². The summed E-state index contributed by atoms with van der Waals surface area (Å²) < 4.78 is 16.2. The van der Waals surface area contributed by atoms with E-state index in [1.807, 2.05) is 13.8 Å². The van der Waals surface area contributed by atoms with Gasteiger partial charge in [0, 0.05) is 43.2 Å². The average Bonchev–Trinajstić information content (AvgIpc) is 3.05. The molecule has 0 aromatic rings. The minimum atomic E-state index is -0.834. The maximum Gasteiger partial charge on any atom is 0.311 e. The smallest absolute Gasteiger partial charge is 0.311 e. The average molecular weight is 443 g/mol. The number of thioether (sulfide) groups is 1. The Morgan fingerprint density at radius 2 is 1.87 bits per heavy atom. The van der Waals surface area contributed by atoms with Crippen LogP contribution in [0, 0.1) is 5.41 Å². The molecule has 0 spiro atoms. The van der Waals surface area contributed by atoms with Crippen molar-refractivity contribution in [2.45, 2.75) is 58.8 Å². The minimum absolute atomic E-state index is 0.122. The van der Waals surface area contributed by atoms with E-state index in [0.29, 0.717) is 37.5 Å². The molecule has 0 aliphatic carbocycles. The van der Waals surface area contributed by atoms with Gasteiger partial charge in [-0.25, -0.2) is 0 Å². The molecule has 2 heterocycles. The number of hydrogen-bond acceptors (Lipinski definition) is 8. The zero-order chi connectivity index (χ0) is 22.4. The van der Waals surface area contributed by atoms with Gasteiger partial charge in [-0.2, -0.15) is 0 Å². The molecule has 2 fully saturated rings. The van der Waals surface area contributed by atoms with Gasteiger partial charge >= 0.3 is 5.97 Å². The van der Waals surface area contributed by atoms with Crippen molar-refractivity contribution in [3.05, 3.63) is 11.8 Å². The zero-order valence-electron chi connectivity index (χ0n) is 17.9. The Balaban J connectivity index is 1.61. The first-order chi connectivity index (χ1) is 14.0. The van der Waals surface area contributed by atoms with E-state index in [4.69, 9.17) is 14.2 Å². The Morgan fingerprint density at radius 1 is 1.13 bits per heavy atom. The van der Waals surface area contributed by atoms with Gasteiger partial charge in [0.25, 0.3) is 0 Å². The molecule has 0 aromatic carbocycles. The summed E-state index contributed by atoms with van der Waals surface area (Å²) in [6.45, 7) is 8.20. The summed E-state index contributed by atoms with van der Waals surface area (Å²) in [4.78, 5) is 47.1. The highest BCUT2D eigenvalue weighted by atomic mass is 32.2. The molecule has 1 atom stereocenters. The lowest BCUT2D eigenvalue weighted by molar-refractivity contribution is -0.304. The number of carbonyl (C=O) groups is 4. The van der Waals surface area contributed by atoms with Crippen LogP contribution in [0.25, 0.3) is 0 Å². The normalized spacial score (nSPS) is 23.7. The van der Waals surface area contributed by atoms with Crippen molar-refractivity contribution in [1.29, 1.82) is 0 Å². The van der Waals surface area contributed by atoms with Crippen molar-refractivity contribution in [2.24, 2.45) is 5.41 Å². The summed E-state index contributed by atoms with van der Waals surface area (Å²) in [7, 11) is 0. The summed E-state index contributed by atoms with van der Waals surface area (Å²) in [6, 6.07) is 0. The quantitative estimate of drug-likeness (QED) is 0.328. The highest BCUT2D eigenvalue weighted by molar-refractivity contribution is 8.14. The largest absolute Gasteiger partial charge is 0.431 e. The molecule has 2 aliphatic rings. The highest BCUT2D eigenvalue weighted by Gasteiger charge is 2.45. The number of rotatable bonds is 8. The Bertz CT molecular complexity index is 718. The molecule has 10 heteroatoms. The van der Waals surface area contributed by atoms with E-state index in [0.717, 1.165) is 11.8 Å². The summed E-state index contributed by atoms with van der Waals surface area (Å²) in [5.41, 5.74) is -0.474. The maximum atomic E-state index is 12.5. The van der Waals surface area contributed by atoms with E-state index in [1.165, 1.54) is 6.08 Å². The molecule has 30 heavy (non-hydrogen) atoms. The maximum absolute atomic E-state index is 12.5. The molecule has 2 N–H and O–H groups in total. The SMILES string of the molecule is CC1(C)OCC(C)(C)[C@H](C(=O)NCCC(=O)NCCSC(=O)C=C2CCC(=O)O2)O1. The Hall–Kier alpha value is -1.91. The van der Waals surface area contributed by atoms with Crippen LogP contribution in [-0.2, 0) is 33.4 Å². The number of ether oxygens (including phenoxy) is 3. The molecule has 2 aliphatic heterocycles. The molecular weight excluding hydrogens is 412 g/mol. The van der Waals surface area contributed by atoms with Crippen LogP contribution in [0.5, 0.6) is 0 Å². The molecular formula is C20H30N2O7S. The van der Waals surface area contributed by atoms with Crippen molar-refractivity contribution in [2.75, 3.05) is 25.4 Å². The van der Waals surface area contributed by atoms with E-state index >= 15 is 0 Å². The van der Waals surface area contributed by atoms with Crippen LogP contribution in [0.15, 0.2) is 11.8 Å². The standard InChI is InChI=1S/C20H30N2O7S/c1-19(2)12-27-20(3,4)29-17(19)18(26)22-8-7-14(23)21-9-10-30-16(25)11-13-5-6-15(24)28-13/h11,17H,5-10,12H2,1-4H3,(H,21,23)(H,22,26)/t17-/m0/s1. The van der Waals surface area contributed by atoms with Gasteiger partial charge in [-0.1, -0.05) is 25.6 Å². The molecule has 2 rings (SSSR count). The zero-order valence-corrected chi connectivity index (χ0v) is 18.7. The number of carbonyl (C=O) groups excluding carboxylic acids is 4. The lowest BCUT2D eigenvalue weighted by Gasteiger charge is -2.44. The lowest BCUT2D eigenvalue weighted by atomic mass is 9.85. The minimum Gasteiger partial charge on any atom is -0.431 e. The van der Waals surface area contributed by atoms with Crippen LogP contribution >= 0.6 is 11.8 Å². The number of allylic oxidation sites excluding steroid dienone is 1. The molecule has 0 aromatic heterocycles. The van der Waals surface area contributed by atoms with E-state index in [2.05, 4.69) is 10.6 Å². The van der Waals surface area contributed by atoms with Crippen LogP contribution in [0.1, 0.15) is 47.0 Å². The molecule has 9 nitrogen and oxygen atoms in total. The third-order valence-corrected chi connectivity index (χ3v) is 5.37. The Labute approximate surface area is 180 Å². The van der Waals surface area contributed by atoms with E-state index < -0.39 is 17.3 Å². The Morgan fingerprint density at radius 3 is 2.53 bits per heavy atom. The fourth-order valence-corrected chi connectivity index (χ4v) is 3.51. The topological polar surface area (TPSA) is 120 Å². The summed E-state index contributed by atoms with van der Waals surface area (Å²) in [5, 5.41) is 5.22. The number of amides is 2. The summed E-state index contributed by atoms with van der Waals surface area (Å²) in [6.07, 6.45) is 1.51. The third kappa shape index (κ3) is 7.73. The van der Waals surface area contributed by atoms with Gasteiger partial charge in [-0.05, 0) is 13.8 Å². The molecule has 0 bridgehead atoms. The van der Waals surface area contributed by atoms with Gasteiger partial charge in [0.2, 0.25) is 16.9 Å². The third-order valence-electron chi connectivity index (χ3n) is 4.56. The fourth-order valence-electron chi connectivity index (χ4n) is 2.89. The first-order valence-corrected chi connectivity index (χ1v) is 10.9. The molecule has 2 amide bonds. The van der Waals surface area contributed by atoms with E-state index in [-0.39, 0.29) is 35.9 Å². The predicted octanol–water partition coefficient (Wildman–Crippen LogP) is 1.27. The second-order valence-electron chi connectivity index (χ2n) is 8.32. The second kappa shape index (κ2) is 10.4. The monoisotopic (exact) mass is 442 g/mol. The number of nitrogens with one attached hydrogen (secondary N) is 2. The van der Waals surface area contributed by atoms with Gasteiger partial charge in [0.1, 0.15) is 11.9 Å². The number of esters is 1. The highest BCUT2D eigenvalue weighted by Crippen LogP contribution is 2.34. The van der Waals surface area contributed by atoms with Crippen LogP contribution < -0.4 is 10.6 Å². The predicted molar refractivity (Wildman–Crippen MR) is 110 cm³/mol. The van der Waals surface area contributed by atoms with Gasteiger partial charge in [0.05, 0.1) is 13.0 Å². The summed E-state index contributed by atoms with van der Waals surface area (Å²) in [5.74, 6) is -0.871.